The minimum Gasteiger partial charge on any atom is -0.389 e. The number of hydrogen-bond acceptors (Lipinski definition) is 2. The molecule has 1 saturated heterocycles. The summed E-state index contributed by atoms with van der Waals surface area (Å²) in [6.07, 6.45) is 11.6. The zero-order chi connectivity index (χ0) is 11.0. The molecule has 0 bridgehead atoms. The number of aliphatic hydroxyl groups is 1. The van der Waals surface area contributed by atoms with Gasteiger partial charge in [-0.05, 0) is 44.6 Å². The first-order valence-electron chi connectivity index (χ1n) is 7.23. The quantitative estimate of drug-likeness (QED) is 0.777. The zero-order valence-electron chi connectivity index (χ0n) is 10.3. The predicted molar refractivity (Wildman–Crippen MR) is 65.4 cm³/mol. The van der Waals surface area contributed by atoms with Crippen molar-refractivity contribution in [2.24, 2.45) is 5.92 Å². The second kappa shape index (κ2) is 4.30. The topological polar surface area (TPSA) is 23.5 Å². The molecule has 0 aromatic heterocycles. The third-order valence-electron chi connectivity index (χ3n) is 5.16. The number of β-amino-alcohol motifs (C(OH)–C–C–N with tert-alkyl or cyclic N) is 1. The first-order valence-corrected chi connectivity index (χ1v) is 7.23. The van der Waals surface area contributed by atoms with E-state index in [-0.39, 0.29) is 5.60 Å². The predicted octanol–water partition coefficient (Wildman–Crippen LogP) is 2.56. The molecule has 2 aliphatic carbocycles. The van der Waals surface area contributed by atoms with Gasteiger partial charge >= 0.3 is 0 Å². The maximum Gasteiger partial charge on any atom is 0.0774 e. The van der Waals surface area contributed by atoms with Crippen LogP contribution in [-0.4, -0.2) is 34.7 Å². The van der Waals surface area contributed by atoms with Crippen LogP contribution >= 0.6 is 0 Å². The van der Waals surface area contributed by atoms with Crippen molar-refractivity contribution < 1.29 is 5.11 Å². The van der Waals surface area contributed by atoms with Crippen LogP contribution in [0.25, 0.3) is 0 Å². The number of nitrogens with zero attached hydrogens (tertiary/aromatic N) is 1. The van der Waals surface area contributed by atoms with Gasteiger partial charge in [0.2, 0.25) is 0 Å². The van der Waals surface area contributed by atoms with Crippen LogP contribution in [0.2, 0.25) is 0 Å². The molecule has 2 heteroatoms. The van der Waals surface area contributed by atoms with E-state index in [4.69, 9.17) is 0 Å². The Hall–Kier alpha value is -0.0800. The SMILES string of the molecule is OC1(CN2CCC3CCCCC32)CCCC1. The summed E-state index contributed by atoms with van der Waals surface area (Å²) in [6, 6.07) is 0.818. The van der Waals surface area contributed by atoms with Gasteiger partial charge in [0.1, 0.15) is 0 Å². The Morgan fingerprint density at radius 2 is 1.75 bits per heavy atom. The molecule has 2 nitrogen and oxygen atoms in total. The largest absolute Gasteiger partial charge is 0.389 e. The van der Waals surface area contributed by atoms with Gasteiger partial charge in [-0.25, -0.2) is 0 Å². The van der Waals surface area contributed by atoms with E-state index < -0.39 is 0 Å². The summed E-state index contributed by atoms with van der Waals surface area (Å²) in [7, 11) is 0. The van der Waals surface area contributed by atoms with Gasteiger partial charge in [0, 0.05) is 12.6 Å². The van der Waals surface area contributed by atoms with Gasteiger partial charge in [0.25, 0.3) is 0 Å². The lowest BCUT2D eigenvalue weighted by Crippen LogP contribution is -2.45. The van der Waals surface area contributed by atoms with Gasteiger partial charge in [-0.1, -0.05) is 25.7 Å². The highest BCUT2D eigenvalue weighted by Gasteiger charge is 2.40. The van der Waals surface area contributed by atoms with Gasteiger partial charge in [-0.2, -0.15) is 0 Å². The molecule has 0 radical (unpaired) electrons. The van der Waals surface area contributed by atoms with E-state index in [2.05, 4.69) is 4.90 Å². The van der Waals surface area contributed by atoms with E-state index in [0.29, 0.717) is 0 Å². The highest BCUT2D eigenvalue weighted by atomic mass is 16.3. The average Bonchev–Trinajstić information content (AvgIpc) is 2.87. The molecular formula is C14H25NO. The Morgan fingerprint density at radius 3 is 2.56 bits per heavy atom. The minimum atomic E-state index is -0.327. The Bertz CT molecular complexity index is 247. The van der Waals surface area contributed by atoms with Crippen LogP contribution in [0.3, 0.4) is 0 Å². The lowest BCUT2D eigenvalue weighted by Gasteiger charge is -2.36. The molecule has 2 saturated carbocycles. The fraction of sp³-hybridized carbons (Fsp3) is 1.00. The van der Waals surface area contributed by atoms with Gasteiger partial charge in [-0.15, -0.1) is 0 Å². The second-order valence-corrected chi connectivity index (χ2v) is 6.30. The van der Waals surface area contributed by atoms with Gasteiger partial charge in [0.15, 0.2) is 0 Å². The van der Waals surface area contributed by atoms with Gasteiger partial charge < -0.3 is 5.11 Å². The number of fused-ring (bicyclic) bond motifs is 1. The number of rotatable bonds is 2. The smallest absolute Gasteiger partial charge is 0.0774 e. The monoisotopic (exact) mass is 223 g/mol. The molecule has 1 N–H and O–H groups in total. The molecular weight excluding hydrogens is 198 g/mol. The van der Waals surface area contributed by atoms with E-state index in [1.165, 1.54) is 51.5 Å². The summed E-state index contributed by atoms with van der Waals surface area (Å²) in [5.74, 6) is 0.957. The van der Waals surface area contributed by atoms with Crippen molar-refractivity contribution >= 4 is 0 Å². The van der Waals surface area contributed by atoms with Crippen LogP contribution in [0.5, 0.6) is 0 Å². The Kier molecular flexibility index (Phi) is 2.97. The molecule has 0 spiro atoms. The molecule has 3 aliphatic rings. The summed E-state index contributed by atoms with van der Waals surface area (Å²) in [4.78, 5) is 2.62. The van der Waals surface area contributed by atoms with Gasteiger partial charge in [0.05, 0.1) is 5.60 Å². The minimum absolute atomic E-state index is 0.327. The summed E-state index contributed by atoms with van der Waals surface area (Å²) in [5.41, 5.74) is -0.327. The van der Waals surface area contributed by atoms with Gasteiger partial charge in [-0.3, -0.25) is 4.90 Å². The Morgan fingerprint density at radius 1 is 1.00 bits per heavy atom. The average molecular weight is 223 g/mol. The molecule has 1 heterocycles. The molecule has 2 unspecified atom stereocenters. The number of likely N-dealkylation sites (tertiary alicyclic amines) is 1. The molecule has 0 amide bonds. The first kappa shape index (κ1) is 11.0. The maximum absolute atomic E-state index is 10.5. The van der Waals surface area contributed by atoms with Crippen molar-refractivity contribution in [2.45, 2.75) is 69.4 Å². The van der Waals surface area contributed by atoms with Crippen molar-refractivity contribution in [3.8, 4) is 0 Å². The summed E-state index contributed by atoms with van der Waals surface area (Å²) >= 11 is 0. The third-order valence-corrected chi connectivity index (χ3v) is 5.16. The Balaban J connectivity index is 1.62. The van der Waals surface area contributed by atoms with Crippen LogP contribution in [0, 0.1) is 5.92 Å². The van der Waals surface area contributed by atoms with E-state index in [9.17, 15) is 5.11 Å². The van der Waals surface area contributed by atoms with Crippen LogP contribution in [0.1, 0.15) is 57.8 Å². The number of hydrogen-bond donors (Lipinski definition) is 1. The van der Waals surface area contributed by atoms with Crippen molar-refractivity contribution in [3.63, 3.8) is 0 Å². The van der Waals surface area contributed by atoms with E-state index in [1.807, 2.05) is 0 Å². The molecule has 0 aromatic carbocycles. The fourth-order valence-electron chi connectivity index (χ4n) is 4.27. The van der Waals surface area contributed by atoms with Crippen molar-refractivity contribution in [1.29, 1.82) is 0 Å². The molecule has 2 atom stereocenters. The fourth-order valence-corrected chi connectivity index (χ4v) is 4.27. The van der Waals surface area contributed by atoms with E-state index >= 15 is 0 Å². The summed E-state index contributed by atoms with van der Waals surface area (Å²) < 4.78 is 0. The van der Waals surface area contributed by atoms with Crippen molar-refractivity contribution in [3.05, 3.63) is 0 Å². The normalized spacial score (nSPS) is 38.8. The maximum atomic E-state index is 10.5. The standard InChI is InChI=1S/C14H25NO/c16-14(8-3-4-9-14)11-15-10-7-12-5-1-2-6-13(12)15/h12-13,16H,1-11H2. The second-order valence-electron chi connectivity index (χ2n) is 6.30. The summed E-state index contributed by atoms with van der Waals surface area (Å²) in [6.45, 7) is 2.21. The van der Waals surface area contributed by atoms with E-state index in [1.54, 1.807) is 0 Å². The van der Waals surface area contributed by atoms with Crippen molar-refractivity contribution in [2.75, 3.05) is 13.1 Å². The molecule has 92 valence electrons. The highest BCUT2D eigenvalue weighted by molar-refractivity contribution is 4.95. The first-order chi connectivity index (χ1) is 7.77. The molecule has 3 fully saturated rings. The molecule has 1 aliphatic heterocycles. The van der Waals surface area contributed by atoms with E-state index in [0.717, 1.165) is 31.3 Å². The van der Waals surface area contributed by atoms with Crippen LogP contribution < -0.4 is 0 Å². The molecule has 0 aromatic rings. The zero-order valence-corrected chi connectivity index (χ0v) is 10.3. The van der Waals surface area contributed by atoms with Crippen LogP contribution in [0.4, 0.5) is 0 Å². The van der Waals surface area contributed by atoms with Crippen molar-refractivity contribution in [1.82, 2.24) is 4.90 Å². The molecule has 3 rings (SSSR count). The molecule has 16 heavy (non-hydrogen) atoms. The highest BCUT2D eigenvalue weighted by Crippen LogP contribution is 2.39. The Labute approximate surface area is 99.0 Å². The van der Waals surface area contributed by atoms with Crippen LogP contribution in [-0.2, 0) is 0 Å². The third kappa shape index (κ3) is 2.02. The lowest BCUT2D eigenvalue weighted by atomic mass is 9.85. The summed E-state index contributed by atoms with van der Waals surface area (Å²) in [5, 5.41) is 10.5. The van der Waals surface area contributed by atoms with Crippen LogP contribution in [0.15, 0.2) is 0 Å². The lowest BCUT2D eigenvalue weighted by molar-refractivity contribution is -0.000161.